The van der Waals surface area contributed by atoms with Crippen LogP contribution in [-0.2, 0) is 0 Å². The van der Waals surface area contributed by atoms with Gasteiger partial charge in [0.25, 0.3) is 0 Å². The number of nitrogens with zero attached hydrogens (tertiary/aromatic N) is 6. The molecule has 0 radical (unpaired) electrons. The second kappa shape index (κ2) is 7.94. The van der Waals surface area contributed by atoms with Crippen molar-refractivity contribution in [1.82, 2.24) is 29.9 Å². The Labute approximate surface area is 168 Å². The fourth-order valence-corrected chi connectivity index (χ4v) is 3.01. The third-order valence-corrected chi connectivity index (χ3v) is 4.52. The van der Waals surface area contributed by atoms with Crippen molar-refractivity contribution in [1.29, 1.82) is 0 Å². The van der Waals surface area contributed by atoms with E-state index in [1.807, 2.05) is 25.1 Å². The average molecular weight is 406 g/mol. The molecule has 0 aliphatic carbocycles. The largest absolute Gasteiger partial charge is 0.477 e. The van der Waals surface area contributed by atoms with Gasteiger partial charge in [0.1, 0.15) is 22.2 Å². The van der Waals surface area contributed by atoms with Gasteiger partial charge in [-0.3, -0.25) is 5.32 Å². The smallest absolute Gasteiger partial charge is 0.347 e. The zero-order valence-corrected chi connectivity index (χ0v) is 15.9. The summed E-state index contributed by atoms with van der Waals surface area (Å²) >= 11 is 0.997. The van der Waals surface area contributed by atoms with Gasteiger partial charge < -0.3 is 10.4 Å². The second-order valence-corrected chi connectivity index (χ2v) is 6.81. The number of carbonyl (C=O) groups is 1. The molecule has 4 rings (SSSR count). The van der Waals surface area contributed by atoms with Gasteiger partial charge in [-0.2, -0.15) is 4.98 Å². The SMILES string of the molecule is Cc1cccc(-c2nccc(Nc3ccnc(Nc4ncc(C(=O)O)s4)n3)n2)n1. The van der Waals surface area contributed by atoms with Crippen LogP contribution in [0.25, 0.3) is 11.5 Å². The number of aryl methyl sites for hydroxylation is 1. The van der Waals surface area contributed by atoms with Gasteiger partial charge in [-0.1, -0.05) is 17.4 Å². The predicted molar refractivity (Wildman–Crippen MR) is 108 cm³/mol. The first kappa shape index (κ1) is 18.4. The minimum absolute atomic E-state index is 0.125. The summed E-state index contributed by atoms with van der Waals surface area (Å²) in [4.78, 5) is 36.7. The van der Waals surface area contributed by atoms with E-state index < -0.39 is 5.97 Å². The number of pyridine rings is 1. The summed E-state index contributed by atoms with van der Waals surface area (Å²) in [6, 6.07) is 9.05. The monoisotopic (exact) mass is 406 g/mol. The van der Waals surface area contributed by atoms with Gasteiger partial charge >= 0.3 is 5.97 Å². The summed E-state index contributed by atoms with van der Waals surface area (Å²) in [6.07, 6.45) is 4.48. The molecule has 3 N–H and O–H groups in total. The fraction of sp³-hybridized carbons (Fsp3) is 0.0556. The first-order valence-corrected chi connectivity index (χ1v) is 9.22. The van der Waals surface area contributed by atoms with Crippen molar-refractivity contribution in [3.8, 4) is 11.5 Å². The van der Waals surface area contributed by atoms with Crippen molar-refractivity contribution in [3.63, 3.8) is 0 Å². The van der Waals surface area contributed by atoms with E-state index in [4.69, 9.17) is 5.11 Å². The van der Waals surface area contributed by atoms with Gasteiger partial charge in [-0.25, -0.2) is 29.7 Å². The molecule has 0 saturated heterocycles. The fourth-order valence-electron chi connectivity index (χ4n) is 2.37. The molecule has 0 aromatic carbocycles. The number of anilines is 4. The molecule has 0 aliphatic rings. The van der Waals surface area contributed by atoms with Crippen molar-refractivity contribution in [2.45, 2.75) is 6.92 Å². The van der Waals surface area contributed by atoms with Gasteiger partial charge in [0.2, 0.25) is 5.95 Å². The van der Waals surface area contributed by atoms with E-state index in [0.717, 1.165) is 17.0 Å². The molecule has 0 fully saturated rings. The van der Waals surface area contributed by atoms with E-state index in [9.17, 15) is 4.79 Å². The minimum Gasteiger partial charge on any atom is -0.477 e. The van der Waals surface area contributed by atoms with E-state index in [1.165, 1.54) is 6.20 Å². The Bertz CT molecular complexity index is 1180. The van der Waals surface area contributed by atoms with Crippen molar-refractivity contribution < 1.29 is 9.90 Å². The summed E-state index contributed by atoms with van der Waals surface area (Å²) in [6.45, 7) is 1.91. The first-order valence-electron chi connectivity index (χ1n) is 8.40. The number of nitrogens with one attached hydrogen (secondary N) is 2. The maximum atomic E-state index is 11.0. The van der Waals surface area contributed by atoms with Gasteiger partial charge in [0.05, 0.1) is 6.20 Å². The summed E-state index contributed by atoms with van der Waals surface area (Å²) in [5.41, 5.74) is 1.56. The first-order chi connectivity index (χ1) is 14.1. The number of aromatic carboxylic acids is 1. The Morgan fingerprint density at radius 3 is 2.52 bits per heavy atom. The Balaban J connectivity index is 1.52. The van der Waals surface area contributed by atoms with Crippen LogP contribution in [0.15, 0.2) is 48.9 Å². The lowest BCUT2D eigenvalue weighted by atomic mass is 10.3. The minimum atomic E-state index is -1.03. The van der Waals surface area contributed by atoms with Gasteiger partial charge in [-0.05, 0) is 31.2 Å². The van der Waals surface area contributed by atoms with Crippen molar-refractivity contribution in [2.75, 3.05) is 10.6 Å². The van der Waals surface area contributed by atoms with E-state index >= 15 is 0 Å². The van der Waals surface area contributed by atoms with Crippen molar-refractivity contribution in [2.24, 2.45) is 0 Å². The molecule has 0 aliphatic heterocycles. The highest BCUT2D eigenvalue weighted by molar-refractivity contribution is 7.17. The third kappa shape index (κ3) is 4.47. The highest BCUT2D eigenvalue weighted by Crippen LogP contribution is 2.22. The highest BCUT2D eigenvalue weighted by Gasteiger charge is 2.10. The van der Waals surface area contributed by atoms with Gasteiger partial charge in [0.15, 0.2) is 11.0 Å². The predicted octanol–water partition coefficient (Wildman–Crippen LogP) is 3.28. The third-order valence-electron chi connectivity index (χ3n) is 3.62. The lowest BCUT2D eigenvalue weighted by Gasteiger charge is -2.07. The molecule has 0 spiro atoms. The molecule has 0 atom stereocenters. The van der Waals surface area contributed by atoms with E-state index in [1.54, 1.807) is 24.5 Å². The van der Waals surface area contributed by atoms with Gasteiger partial charge in [-0.15, -0.1) is 0 Å². The average Bonchev–Trinajstić information content (AvgIpc) is 3.17. The van der Waals surface area contributed by atoms with Crippen LogP contribution in [0.4, 0.5) is 22.7 Å². The molecule has 4 aromatic heterocycles. The van der Waals surface area contributed by atoms with Crippen LogP contribution in [0.3, 0.4) is 0 Å². The van der Waals surface area contributed by atoms with Crippen LogP contribution < -0.4 is 10.6 Å². The molecule has 29 heavy (non-hydrogen) atoms. The van der Waals surface area contributed by atoms with Crippen LogP contribution in [0.2, 0.25) is 0 Å². The van der Waals surface area contributed by atoms with Crippen molar-refractivity contribution >= 4 is 40.0 Å². The zero-order chi connectivity index (χ0) is 20.2. The Morgan fingerprint density at radius 2 is 1.76 bits per heavy atom. The number of rotatable bonds is 6. The van der Waals surface area contributed by atoms with Gasteiger partial charge in [0, 0.05) is 18.1 Å². The summed E-state index contributed by atoms with van der Waals surface area (Å²) in [7, 11) is 0. The number of thiazole rings is 1. The lowest BCUT2D eigenvalue weighted by molar-refractivity contribution is 0.0702. The molecule has 11 heteroatoms. The van der Waals surface area contributed by atoms with Crippen LogP contribution in [-0.4, -0.2) is 41.0 Å². The van der Waals surface area contributed by atoms with Crippen LogP contribution in [0.5, 0.6) is 0 Å². The topological polar surface area (TPSA) is 139 Å². The molecule has 0 unspecified atom stereocenters. The molecule has 10 nitrogen and oxygen atoms in total. The second-order valence-electron chi connectivity index (χ2n) is 5.78. The highest BCUT2D eigenvalue weighted by atomic mass is 32.1. The molecule has 0 bridgehead atoms. The summed E-state index contributed by atoms with van der Waals surface area (Å²) < 4.78 is 0. The standard InChI is InChI=1S/C18H14N8O2S/c1-10-3-2-4-11(22-10)15-19-7-5-13(24-15)23-14-6-8-20-17(25-14)26-18-21-9-12(29-18)16(27)28/h2-9H,1H3,(H,27,28)(H2,19,20,21,23,24,25,26). The Kier molecular flexibility index (Phi) is 5.03. The number of hydrogen-bond acceptors (Lipinski definition) is 10. The Hall–Kier alpha value is -3.99. The van der Waals surface area contributed by atoms with E-state index in [2.05, 4.69) is 40.5 Å². The number of aromatic nitrogens is 6. The molecule has 4 aromatic rings. The number of carboxylic acid groups (broad SMARTS) is 1. The molecular weight excluding hydrogens is 392 g/mol. The summed E-state index contributed by atoms with van der Waals surface area (Å²) in [5, 5.41) is 15.3. The number of hydrogen-bond donors (Lipinski definition) is 3. The van der Waals surface area contributed by atoms with E-state index in [0.29, 0.717) is 28.3 Å². The maximum absolute atomic E-state index is 11.0. The number of carboxylic acids is 1. The molecule has 0 amide bonds. The van der Waals surface area contributed by atoms with E-state index in [-0.39, 0.29) is 10.8 Å². The lowest BCUT2D eigenvalue weighted by Crippen LogP contribution is -2.02. The maximum Gasteiger partial charge on any atom is 0.347 e. The Morgan fingerprint density at radius 1 is 0.966 bits per heavy atom. The normalized spacial score (nSPS) is 10.5. The molecule has 0 saturated carbocycles. The quantitative estimate of drug-likeness (QED) is 0.437. The zero-order valence-electron chi connectivity index (χ0n) is 15.1. The molecule has 4 heterocycles. The van der Waals surface area contributed by atoms with Crippen molar-refractivity contribution in [3.05, 3.63) is 59.5 Å². The van der Waals surface area contributed by atoms with Crippen LogP contribution in [0.1, 0.15) is 15.4 Å². The molecular formula is C18H14N8O2S. The van der Waals surface area contributed by atoms with Crippen LogP contribution in [0, 0.1) is 6.92 Å². The molecule has 144 valence electrons. The van der Waals surface area contributed by atoms with Crippen LogP contribution >= 0.6 is 11.3 Å². The summed E-state index contributed by atoms with van der Waals surface area (Å²) in [5.74, 6) is 0.783.